The van der Waals surface area contributed by atoms with Crippen molar-refractivity contribution in [3.63, 3.8) is 0 Å². The van der Waals surface area contributed by atoms with Gasteiger partial charge in [-0.3, -0.25) is 19.3 Å². The molecule has 3 fully saturated rings. The number of aromatic nitrogens is 3. The smallest absolute Gasteiger partial charge is 0.329 e. The van der Waals surface area contributed by atoms with Crippen molar-refractivity contribution in [2.45, 2.75) is 81.3 Å². The second-order valence-corrected chi connectivity index (χ2v) is 19.5. The molecule has 4 aliphatic heterocycles. The minimum absolute atomic E-state index is 0.00154. The van der Waals surface area contributed by atoms with Crippen molar-refractivity contribution in [2.75, 3.05) is 31.2 Å². The normalized spacial score (nSPS) is 23.0. The number of hydrogen-bond acceptors (Lipinski definition) is 10. The predicted octanol–water partition coefficient (Wildman–Crippen LogP) is 8.78. The van der Waals surface area contributed by atoms with Gasteiger partial charge in [-0.05, 0) is 90.0 Å². The number of ether oxygens (including phenoxy) is 2. The summed E-state index contributed by atoms with van der Waals surface area (Å²) in [5.41, 5.74) is 3.66. The van der Waals surface area contributed by atoms with Crippen molar-refractivity contribution in [2.24, 2.45) is 5.92 Å². The molecule has 7 atom stereocenters. The van der Waals surface area contributed by atoms with E-state index in [1.807, 2.05) is 156 Å². The van der Waals surface area contributed by atoms with Crippen molar-refractivity contribution in [1.29, 1.82) is 0 Å². The predicted molar refractivity (Wildman–Crippen MR) is 278 cm³/mol. The van der Waals surface area contributed by atoms with Gasteiger partial charge in [0.25, 0.3) is 0 Å². The van der Waals surface area contributed by atoms with Crippen LogP contribution in [-0.2, 0) is 31.1 Å². The Kier molecular flexibility index (Phi) is 13.5. The first-order valence-corrected chi connectivity index (χ1v) is 25.6. The van der Waals surface area contributed by atoms with Crippen LogP contribution in [-0.4, -0.2) is 86.1 Å². The van der Waals surface area contributed by atoms with E-state index in [9.17, 15) is 5.11 Å². The molecule has 0 aliphatic carbocycles. The molecule has 0 radical (unpaired) electrons. The maximum atomic E-state index is 17.0. The number of likely N-dealkylation sites (tertiary alicyclic amines) is 1. The van der Waals surface area contributed by atoms with Crippen LogP contribution >= 0.6 is 0 Å². The van der Waals surface area contributed by atoms with Gasteiger partial charge in [0, 0.05) is 18.7 Å². The molecule has 1 spiro atoms. The first-order valence-electron chi connectivity index (χ1n) is 25.6. The number of rotatable bonds is 10. The number of amides is 4. The fraction of sp³-hybridized carbons (Fsp3) is 0.300. The fourth-order valence-electron chi connectivity index (χ4n) is 11.9. The van der Waals surface area contributed by atoms with E-state index in [2.05, 4.69) is 27.5 Å². The van der Waals surface area contributed by atoms with E-state index >= 15 is 19.2 Å². The largest absolute Gasteiger partial charge is 0.491 e. The Morgan fingerprint density at radius 3 is 2.20 bits per heavy atom. The van der Waals surface area contributed by atoms with Crippen LogP contribution in [0.1, 0.15) is 96.6 Å². The third kappa shape index (κ3) is 8.65. The number of fused-ring (bicyclic) bond motifs is 4. The van der Waals surface area contributed by atoms with Gasteiger partial charge >= 0.3 is 12.0 Å². The number of nitrogens with one attached hydrogen (secondary N) is 1. The third-order valence-corrected chi connectivity index (χ3v) is 15.2. The number of aliphatic hydroxyl groups excluding tert-OH is 1. The number of para-hydroxylation sites is 1. The Bertz CT molecular complexity index is 3260. The van der Waals surface area contributed by atoms with Gasteiger partial charge in [0.1, 0.15) is 42.0 Å². The summed E-state index contributed by atoms with van der Waals surface area (Å²) < 4.78 is 14.5. The Balaban J connectivity index is 1.18. The summed E-state index contributed by atoms with van der Waals surface area (Å²) >= 11 is 0. The molecular weight excluding hydrogens is 931 g/mol. The monoisotopic (exact) mass is 987 g/mol. The lowest BCUT2D eigenvalue weighted by Crippen LogP contribution is -2.57. The first kappa shape index (κ1) is 48.2. The van der Waals surface area contributed by atoms with E-state index in [-0.39, 0.29) is 31.4 Å². The molecule has 14 nitrogen and oxygen atoms in total. The highest BCUT2D eigenvalue weighted by Crippen LogP contribution is 2.66. The summed E-state index contributed by atoms with van der Waals surface area (Å²) in [6.45, 7) is 2.68. The summed E-state index contributed by atoms with van der Waals surface area (Å²) in [5.74, 6) is 3.91. The van der Waals surface area contributed by atoms with Crippen molar-refractivity contribution in [3.8, 4) is 17.6 Å². The number of nitrogens with zero attached hydrogens (tertiary/aromatic N) is 6. The minimum atomic E-state index is -1.97. The molecule has 0 unspecified atom stereocenters. The molecule has 3 saturated heterocycles. The first-order chi connectivity index (χ1) is 36.3. The molecule has 2 N–H and O–H groups in total. The van der Waals surface area contributed by atoms with Crippen LogP contribution in [0, 0.1) is 17.8 Å². The van der Waals surface area contributed by atoms with E-state index < -0.39 is 59.5 Å². The maximum Gasteiger partial charge on any atom is 0.329 e. The average Bonchev–Trinajstić information content (AvgIpc) is 4.17. The number of imide groups is 1. The zero-order chi connectivity index (χ0) is 50.8. The summed E-state index contributed by atoms with van der Waals surface area (Å²) in [6.07, 6.45) is 3.51. The molecule has 11 rings (SSSR count). The summed E-state index contributed by atoms with van der Waals surface area (Å²) in [6, 6.07) is 44.6. The standard InChI is InChI=1S/C60H57N7O7/c1-40(42-21-8-5-9-22-42)61-59(72)66-49-32-31-41(20-19-35-65-50-30-15-14-29-48(50)62-63-65)38-47(49)60(58(66)71)51(56(69)64-33-16-3-2-4-17-34-64)53-57(70)74-54(44-25-12-7-13-26-44)52(43-23-10-6-11-24-43)67(53)55(60)45-27-18-28-46(39-45)73-37-36-68/h5-15,18,21-32,38-40,51-55,68H,2-4,16-17,33-37H2,1H3,(H,61,72)/t40-,51+,52+,53+,54-,55-,60+/m1/s1. The van der Waals surface area contributed by atoms with Gasteiger partial charge in [-0.2, -0.15) is 0 Å². The number of morpholine rings is 1. The Morgan fingerprint density at radius 2 is 1.46 bits per heavy atom. The molecular formula is C60H57N7O7. The molecule has 374 valence electrons. The van der Waals surface area contributed by atoms with Crippen LogP contribution < -0.4 is 15.0 Å². The minimum Gasteiger partial charge on any atom is -0.491 e. The van der Waals surface area contributed by atoms with E-state index in [4.69, 9.17) is 9.47 Å². The van der Waals surface area contributed by atoms with Gasteiger partial charge in [-0.15, -0.1) is 5.10 Å². The van der Waals surface area contributed by atoms with Crippen LogP contribution in [0.3, 0.4) is 0 Å². The van der Waals surface area contributed by atoms with Gasteiger partial charge < -0.3 is 24.8 Å². The Morgan fingerprint density at radius 1 is 0.784 bits per heavy atom. The molecule has 7 aromatic rings. The van der Waals surface area contributed by atoms with Gasteiger partial charge in [0.15, 0.2) is 0 Å². The number of aliphatic hydroxyl groups is 1. The Hall–Kier alpha value is -8.12. The second-order valence-electron chi connectivity index (χ2n) is 19.5. The molecule has 5 heterocycles. The topological polar surface area (TPSA) is 159 Å². The fourth-order valence-corrected chi connectivity index (χ4v) is 11.9. The molecule has 4 amide bonds. The molecule has 14 heteroatoms. The quantitative estimate of drug-likeness (QED) is 0.100. The highest BCUT2D eigenvalue weighted by molar-refractivity contribution is 6.24. The number of urea groups is 1. The van der Waals surface area contributed by atoms with E-state index in [1.54, 1.807) is 22.9 Å². The number of carbonyl (C=O) groups excluding carboxylic acids is 4. The van der Waals surface area contributed by atoms with Crippen molar-refractivity contribution in [1.82, 2.24) is 30.1 Å². The lowest BCUT2D eigenvalue weighted by molar-refractivity contribution is -0.179. The van der Waals surface area contributed by atoms with Crippen molar-refractivity contribution in [3.05, 3.63) is 191 Å². The number of carbonyl (C=O) groups is 4. The molecule has 6 aromatic carbocycles. The maximum absolute atomic E-state index is 17.0. The van der Waals surface area contributed by atoms with Crippen molar-refractivity contribution < 1.29 is 33.8 Å². The van der Waals surface area contributed by atoms with Crippen LogP contribution in [0.25, 0.3) is 11.0 Å². The van der Waals surface area contributed by atoms with Crippen LogP contribution in [0.5, 0.6) is 5.75 Å². The summed E-state index contributed by atoms with van der Waals surface area (Å²) in [4.78, 5) is 69.5. The van der Waals surface area contributed by atoms with E-state index in [0.29, 0.717) is 35.5 Å². The second kappa shape index (κ2) is 20.8. The number of hydrogen-bond donors (Lipinski definition) is 2. The summed E-state index contributed by atoms with van der Waals surface area (Å²) in [5, 5.41) is 21.7. The van der Waals surface area contributed by atoms with Crippen LogP contribution in [0.2, 0.25) is 0 Å². The molecule has 0 saturated carbocycles. The number of cyclic esters (lactones) is 1. The van der Waals surface area contributed by atoms with E-state index in [0.717, 1.165) is 59.8 Å². The van der Waals surface area contributed by atoms with E-state index in [1.165, 1.54) is 4.90 Å². The zero-order valence-corrected chi connectivity index (χ0v) is 41.1. The molecule has 74 heavy (non-hydrogen) atoms. The Labute approximate surface area is 429 Å². The SMILES string of the molecule is C[C@@H](NC(=O)N1C(=O)[C@@]2(c3cc(C#CCn4nnc5ccccc54)ccc31)[C@H](C(=O)N1CCCCCCC1)[C@H]1C(=O)O[C@H](c3ccccc3)[C@H](c3ccccc3)N1[C@@H]2c1cccc(OCCO)c1)c1ccccc1. The number of anilines is 1. The zero-order valence-electron chi connectivity index (χ0n) is 41.1. The van der Waals surface area contributed by atoms with Crippen molar-refractivity contribution >= 4 is 40.5 Å². The third-order valence-electron chi connectivity index (χ3n) is 15.2. The summed E-state index contributed by atoms with van der Waals surface area (Å²) in [7, 11) is 0. The van der Waals surface area contributed by atoms with Crippen LogP contribution in [0.15, 0.2) is 158 Å². The van der Waals surface area contributed by atoms with Gasteiger partial charge in [0.2, 0.25) is 11.8 Å². The molecule has 0 bridgehead atoms. The van der Waals surface area contributed by atoms with Crippen LogP contribution in [0.4, 0.5) is 10.5 Å². The highest BCUT2D eigenvalue weighted by atomic mass is 16.6. The molecule has 4 aliphatic rings. The highest BCUT2D eigenvalue weighted by Gasteiger charge is 2.76. The lowest BCUT2D eigenvalue weighted by atomic mass is 9.64. The molecule has 1 aromatic heterocycles. The van der Waals surface area contributed by atoms with Gasteiger partial charge in [-0.1, -0.05) is 152 Å². The van der Waals surface area contributed by atoms with Gasteiger partial charge in [0.05, 0.1) is 41.9 Å². The number of benzene rings is 6. The van der Waals surface area contributed by atoms with Gasteiger partial charge in [-0.25, -0.2) is 14.4 Å². The lowest BCUT2D eigenvalue weighted by Gasteiger charge is -2.46. The number of esters is 1. The average molecular weight is 988 g/mol.